The molecule has 8 heteroatoms. The first kappa shape index (κ1) is 16.8. The second kappa shape index (κ2) is 6.95. The summed E-state index contributed by atoms with van der Waals surface area (Å²) in [6.07, 6.45) is 5.18. The Morgan fingerprint density at radius 3 is 2.88 bits per heavy atom. The molecule has 2 aromatic heterocycles. The van der Waals surface area contributed by atoms with E-state index in [4.69, 9.17) is 4.74 Å². The van der Waals surface area contributed by atoms with Crippen LogP contribution in [0.1, 0.15) is 24.8 Å². The molecule has 1 aliphatic carbocycles. The number of nitrogens with one attached hydrogen (secondary N) is 2. The lowest BCUT2D eigenvalue weighted by Gasteiger charge is -2.20. The van der Waals surface area contributed by atoms with Gasteiger partial charge in [0.2, 0.25) is 0 Å². The van der Waals surface area contributed by atoms with Gasteiger partial charge in [-0.05, 0) is 19.3 Å². The third-order valence-corrected chi connectivity index (χ3v) is 4.67. The first-order valence-electron chi connectivity index (χ1n) is 8.57. The minimum Gasteiger partial charge on any atom is -0.371 e. The highest BCUT2D eigenvalue weighted by Crippen LogP contribution is 2.32. The van der Waals surface area contributed by atoms with Crippen LogP contribution in [-0.2, 0) is 10.7 Å². The van der Waals surface area contributed by atoms with Crippen LogP contribution in [0.4, 0.5) is 14.6 Å². The van der Waals surface area contributed by atoms with Gasteiger partial charge in [-0.25, -0.2) is 9.97 Å². The van der Waals surface area contributed by atoms with Crippen LogP contribution in [0.5, 0.6) is 0 Å². The highest BCUT2D eigenvalue weighted by molar-refractivity contribution is 5.85. The van der Waals surface area contributed by atoms with Crippen LogP contribution in [0.3, 0.4) is 0 Å². The quantitative estimate of drug-likeness (QED) is 0.705. The fourth-order valence-corrected chi connectivity index (χ4v) is 3.28. The number of fused-ring (bicyclic) bond motifs is 1. The molecular weight excluding hydrogens is 340 g/mol. The molecule has 0 amide bonds. The molecule has 1 fully saturated rings. The Morgan fingerprint density at radius 2 is 2.04 bits per heavy atom. The number of hydrogen-bond acceptors (Lipinski definition) is 5. The predicted molar refractivity (Wildman–Crippen MR) is 93.0 cm³/mol. The van der Waals surface area contributed by atoms with Crippen LogP contribution in [0, 0.1) is 0 Å². The van der Waals surface area contributed by atoms with Gasteiger partial charge in [-0.1, -0.05) is 30.3 Å². The molecule has 2 heterocycles. The number of anilines is 1. The number of halogens is 2. The second-order valence-electron chi connectivity index (χ2n) is 6.51. The summed E-state index contributed by atoms with van der Waals surface area (Å²) in [4.78, 5) is 8.35. The van der Waals surface area contributed by atoms with E-state index in [1.807, 2.05) is 0 Å². The van der Waals surface area contributed by atoms with Crippen molar-refractivity contribution in [3.63, 3.8) is 0 Å². The van der Waals surface area contributed by atoms with E-state index < -0.39 is 12.5 Å². The van der Waals surface area contributed by atoms with Gasteiger partial charge in [-0.3, -0.25) is 5.10 Å². The minimum absolute atomic E-state index is 0.0176. The Labute approximate surface area is 149 Å². The third kappa shape index (κ3) is 3.50. The monoisotopic (exact) mass is 359 g/mol. The van der Waals surface area contributed by atoms with Gasteiger partial charge < -0.3 is 10.1 Å². The summed E-state index contributed by atoms with van der Waals surface area (Å²) >= 11 is 0. The van der Waals surface area contributed by atoms with Gasteiger partial charge >= 0.3 is 0 Å². The average Bonchev–Trinajstić information content (AvgIpc) is 3.31. The molecule has 3 aromatic rings. The van der Waals surface area contributed by atoms with Crippen LogP contribution in [-0.4, -0.2) is 38.9 Å². The van der Waals surface area contributed by atoms with Crippen molar-refractivity contribution in [2.75, 3.05) is 11.9 Å². The number of H-pyrrole nitrogens is 1. The van der Waals surface area contributed by atoms with E-state index in [0.29, 0.717) is 17.9 Å². The molecule has 2 N–H and O–H groups in total. The van der Waals surface area contributed by atoms with Crippen LogP contribution in [0.25, 0.3) is 11.0 Å². The van der Waals surface area contributed by atoms with Crippen LogP contribution >= 0.6 is 0 Å². The molecule has 2 atom stereocenters. The van der Waals surface area contributed by atoms with Crippen molar-refractivity contribution in [1.82, 2.24) is 20.2 Å². The second-order valence-corrected chi connectivity index (χ2v) is 6.51. The standard InChI is InChI=1S/C18H19F2N5O/c19-18(20,12-4-2-1-3-5-12)10-26-14-7-6-13(8-14)24-16-15-9-23-25-17(15)22-11-21-16/h1-5,9,11,13-14H,6-8,10H2,(H2,21,22,23,24,25)/t13-,14?/m1/s1. The Bertz CT molecular complexity index is 870. The number of benzene rings is 1. The molecule has 26 heavy (non-hydrogen) atoms. The summed E-state index contributed by atoms with van der Waals surface area (Å²) in [6.45, 7) is -0.603. The molecule has 1 saturated carbocycles. The maximum absolute atomic E-state index is 14.2. The lowest BCUT2D eigenvalue weighted by atomic mass is 10.1. The number of aromatic amines is 1. The van der Waals surface area contributed by atoms with Crippen molar-refractivity contribution in [3.05, 3.63) is 48.4 Å². The van der Waals surface area contributed by atoms with Crippen LogP contribution in [0.2, 0.25) is 0 Å². The minimum atomic E-state index is -2.98. The molecule has 6 nitrogen and oxygen atoms in total. The van der Waals surface area contributed by atoms with Gasteiger partial charge in [-0.15, -0.1) is 0 Å². The maximum atomic E-state index is 14.2. The fraction of sp³-hybridized carbons (Fsp3) is 0.389. The van der Waals surface area contributed by atoms with E-state index >= 15 is 0 Å². The zero-order chi connectivity index (χ0) is 18.0. The first-order valence-corrected chi connectivity index (χ1v) is 8.57. The average molecular weight is 359 g/mol. The molecule has 0 bridgehead atoms. The van der Waals surface area contributed by atoms with E-state index in [1.54, 1.807) is 24.4 Å². The summed E-state index contributed by atoms with van der Waals surface area (Å²) in [7, 11) is 0. The van der Waals surface area contributed by atoms with Crippen LogP contribution < -0.4 is 5.32 Å². The summed E-state index contributed by atoms with van der Waals surface area (Å²) in [5, 5.41) is 10.9. The number of rotatable bonds is 6. The van der Waals surface area contributed by atoms with E-state index in [2.05, 4.69) is 25.5 Å². The number of aromatic nitrogens is 4. The summed E-state index contributed by atoms with van der Waals surface area (Å²) in [5.74, 6) is -2.29. The van der Waals surface area contributed by atoms with Gasteiger partial charge in [0.05, 0.1) is 17.7 Å². The molecule has 0 radical (unpaired) electrons. The van der Waals surface area contributed by atoms with Crippen molar-refractivity contribution < 1.29 is 13.5 Å². The topological polar surface area (TPSA) is 75.7 Å². The van der Waals surface area contributed by atoms with Crippen molar-refractivity contribution in [3.8, 4) is 0 Å². The van der Waals surface area contributed by atoms with Gasteiger partial charge in [0.15, 0.2) is 5.65 Å². The third-order valence-electron chi connectivity index (χ3n) is 4.67. The largest absolute Gasteiger partial charge is 0.371 e. The molecule has 4 rings (SSSR count). The van der Waals surface area contributed by atoms with Gasteiger partial charge in [0, 0.05) is 11.6 Å². The number of nitrogens with zero attached hydrogens (tertiary/aromatic N) is 3. The molecule has 1 aromatic carbocycles. The smallest absolute Gasteiger partial charge is 0.296 e. The Morgan fingerprint density at radius 1 is 1.19 bits per heavy atom. The van der Waals surface area contributed by atoms with Crippen molar-refractivity contribution >= 4 is 16.9 Å². The van der Waals surface area contributed by atoms with Crippen molar-refractivity contribution in [2.24, 2.45) is 0 Å². The first-order chi connectivity index (χ1) is 12.6. The zero-order valence-corrected chi connectivity index (χ0v) is 14.0. The number of hydrogen-bond donors (Lipinski definition) is 2. The van der Waals surface area contributed by atoms with Gasteiger partial charge in [-0.2, -0.15) is 13.9 Å². The van der Waals surface area contributed by atoms with Gasteiger partial charge in [0.25, 0.3) is 5.92 Å². The van der Waals surface area contributed by atoms with E-state index in [-0.39, 0.29) is 17.7 Å². The number of ether oxygens (including phenoxy) is 1. The lowest BCUT2D eigenvalue weighted by molar-refractivity contribution is -0.103. The Hall–Kier alpha value is -2.61. The summed E-state index contributed by atoms with van der Waals surface area (Å²) in [5.41, 5.74) is 0.645. The van der Waals surface area contributed by atoms with E-state index in [9.17, 15) is 8.78 Å². The highest BCUT2D eigenvalue weighted by atomic mass is 19.3. The molecule has 1 aliphatic rings. The summed E-state index contributed by atoms with van der Waals surface area (Å²) in [6, 6.07) is 7.91. The van der Waals surface area contributed by atoms with Crippen LogP contribution in [0.15, 0.2) is 42.9 Å². The molecular formula is C18H19F2N5O. The van der Waals surface area contributed by atoms with Crippen molar-refractivity contribution in [2.45, 2.75) is 37.3 Å². The molecule has 1 unspecified atom stereocenters. The number of alkyl halides is 2. The Balaban J connectivity index is 1.33. The SMILES string of the molecule is FC(F)(COC1CC[C@@H](Nc2ncnc3[nH]ncc23)C1)c1ccccc1. The normalized spacial score (nSPS) is 20.5. The Kier molecular flexibility index (Phi) is 4.50. The molecule has 0 saturated heterocycles. The molecule has 0 aliphatic heterocycles. The predicted octanol–water partition coefficient (Wildman–Crippen LogP) is 3.49. The molecule has 136 valence electrons. The van der Waals surface area contributed by atoms with Gasteiger partial charge in [0.1, 0.15) is 18.8 Å². The summed E-state index contributed by atoms with van der Waals surface area (Å²) < 4.78 is 34.0. The highest BCUT2D eigenvalue weighted by Gasteiger charge is 2.34. The maximum Gasteiger partial charge on any atom is 0.296 e. The van der Waals surface area contributed by atoms with Crippen molar-refractivity contribution in [1.29, 1.82) is 0 Å². The fourth-order valence-electron chi connectivity index (χ4n) is 3.28. The van der Waals surface area contributed by atoms with E-state index in [1.165, 1.54) is 18.5 Å². The lowest BCUT2D eigenvalue weighted by Crippen LogP contribution is -2.25. The van der Waals surface area contributed by atoms with E-state index in [0.717, 1.165) is 18.2 Å². The zero-order valence-electron chi connectivity index (χ0n) is 14.0. The molecule has 0 spiro atoms.